The number of nitrogens with one attached hydrogen (secondary N) is 2. The number of sulfonamides is 1. The number of rotatable bonds is 7. The monoisotopic (exact) mass is 536 g/mol. The van der Waals surface area contributed by atoms with Crippen LogP contribution in [0.4, 0.5) is 0 Å². The number of hydrogen-bond acceptors (Lipinski definition) is 3. The Bertz CT molecular complexity index is 906. The van der Waals surface area contributed by atoms with E-state index >= 15 is 0 Å². The first kappa shape index (κ1) is 24.7. The predicted octanol–water partition coefficient (Wildman–Crippen LogP) is 3.46. The molecule has 0 unspecified atom stereocenters. The minimum absolute atomic E-state index is 0. The third-order valence-electron chi connectivity index (χ3n) is 3.95. The second-order valence-electron chi connectivity index (χ2n) is 5.97. The quantitative estimate of drug-likeness (QED) is 0.323. The summed E-state index contributed by atoms with van der Waals surface area (Å²) in [7, 11) is -0.137. The molecule has 28 heavy (non-hydrogen) atoms. The lowest BCUT2D eigenvalue weighted by Gasteiger charge is -2.22. The summed E-state index contributed by atoms with van der Waals surface area (Å²) in [4.78, 5) is 6.85. The molecule has 2 rings (SSSR count). The van der Waals surface area contributed by atoms with E-state index in [4.69, 9.17) is 11.6 Å². The number of halogens is 2. The second-order valence-corrected chi connectivity index (χ2v) is 8.27. The molecule has 2 aromatic rings. The zero-order valence-electron chi connectivity index (χ0n) is 16.1. The van der Waals surface area contributed by atoms with Gasteiger partial charge >= 0.3 is 0 Å². The van der Waals surface area contributed by atoms with Crippen molar-refractivity contribution in [1.82, 2.24) is 14.9 Å². The Labute approximate surface area is 189 Å². The van der Waals surface area contributed by atoms with Crippen LogP contribution in [0.15, 0.2) is 58.4 Å². The average molecular weight is 537 g/mol. The third-order valence-corrected chi connectivity index (χ3v) is 5.73. The summed E-state index contributed by atoms with van der Waals surface area (Å²) in [6, 6.07) is 14.5. The van der Waals surface area contributed by atoms with Gasteiger partial charge in [-0.3, -0.25) is 0 Å². The van der Waals surface area contributed by atoms with E-state index in [1.807, 2.05) is 49.2 Å². The zero-order valence-corrected chi connectivity index (χ0v) is 20.0. The molecule has 154 valence electrons. The van der Waals surface area contributed by atoms with E-state index in [1.165, 1.54) is 7.05 Å². The van der Waals surface area contributed by atoms with Gasteiger partial charge < -0.3 is 10.2 Å². The molecule has 0 aliphatic carbocycles. The van der Waals surface area contributed by atoms with E-state index in [1.54, 1.807) is 18.2 Å². The fourth-order valence-electron chi connectivity index (χ4n) is 2.52. The molecule has 0 spiro atoms. The van der Waals surface area contributed by atoms with Crippen LogP contribution in [0.25, 0.3) is 0 Å². The van der Waals surface area contributed by atoms with Crippen molar-refractivity contribution in [2.45, 2.75) is 24.9 Å². The summed E-state index contributed by atoms with van der Waals surface area (Å²) in [5.41, 5.74) is 1.82. The average Bonchev–Trinajstić information content (AvgIpc) is 2.67. The Morgan fingerprint density at radius 2 is 1.89 bits per heavy atom. The summed E-state index contributed by atoms with van der Waals surface area (Å²) in [5, 5.41) is 3.96. The Balaban J connectivity index is 0.00000392. The van der Waals surface area contributed by atoms with Gasteiger partial charge in [0.25, 0.3) is 0 Å². The lowest BCUT2D eigenvalue weighted by atomic mass is 10.2. The van der Waals surface area contributed by atoms with E-state index in [0.717, 1.165) is 23.6 Å². The van der Waals surface area contributed by atoms with E-state index < -0.39 is 10.0 Å². The van der Waals surface area contributed by atoms with Crippen LogP contribution in [0, 0.1) is 0 Å². The van der Waals surface area contributed by atoms with Crippen molar-refractivity contribution in [3.8, 4) is 0 Å². The van der Waals surface area contributed by atoms with Gasteiger partial charge in [-0.15, -0.1) is 24.0 Å². The molecule has 0 atom stereocenters. The van der Waals surface area contributed by atoms with Crippen molar-refractivity contribution in [3.05, 3.63) is 64.7 Å². The Kier molecular flexibility index (Phi) is 10.2. The molecular weight excluding hydrogens is 511 g/mol. The molecule has 0 saturated heterocycles. The van der Waals surface area contributed by atoms with Gasteiger partial charge in [0.1, 0.15) is 0 Å². The zero-order chi connectivity index (χ0) is 19.9. The second kappa shape index (κ2) is 11.6. The van der Waals surface area contributed by atoms with Gasteiger partial charge in [0, 0.05) is 25.2 Å². The highest BCUT2D eigenvalue weighted by atomic mass is 127. The van der Waals surface area contributed by atoms with Gasteiger partial charge in [-0.05, 0) is 43.3 Å². The molecule has 0 fully saturated rings. The lowest BCUT2D eigenvalue weighted by Crippen LogP contribution is -2.38. The summed E-state index contributed by atoms with van der Waals surface area (Å²) in [6.45, 7) is 3.70. The van der Waals surface area contributed by atoms with Crippen molar-refractivity contribution < 1.29 is 8.42 Å². The van der Waals surface area contributed by atoms with Crippen LogP contribution in [-0.2, 0) is 23.1 Å². The number of aliphatic imine (C=N–C) groups is 1. The van der Waals surface area contributed by atoms with Crippen LogP contribution in [0.1, 0.15) is 18.1 Å². The molecule has 2 N–H and O–H groups in total. The molecule has 0 aliphatic heterocycles. The van der Waals surface area contributed by atoms with Crippen LogP contribution in [-0.4, -0.2) is 39.9 Å². The summed E-state index contributed by atoms with van der Waals surface area (Å²) in [5.74, 6) is 0.722. The van der Waals surface area contributed by atoms with Crippen molar-refractivity contribution >= 4 is 51.6 Å². The molecule has 6 nitrogen and oxygen atoms in total. The predicted molar refractivity (Wildman–Crippen MR) is 126 cm³/mol. The van der Waals surface area contributed by atoms with Crippen molar-refractivity contribution in [3.63, 3.8) is 0 Å². The molecule has 9 heteroatoms. The molecule has 0 aliphatic rings. The Morgan fingerprint density at radius 3 is 2.54 bits per heavy atom. The van der Waals surface area contributed by atoms with Crippen LogP contribution in [0.3, 0.4) is 0 Å². The highest BCUT2D eigenvalue weighted by Gasteiger charge is 2.12. The summed E-state index contributed by atoms with van der Waals surface area (Å²) < 4.78 is 26.2. The van der Waals surface area contributed by atoms with Crippen LogP contribution in [0.2, 0.25) is 5.02 Å². The fraction of sp³-hybridized carbons (Fsp3) is 0.316. The maximum absolute atomic E-state index is 12.0. The van der Waals surface area contributed by atoms with Gasteiger partial charge in [-0.2, -0.15) is 0 Å². The summed E-state index contributed by atoms with van der Waals surface area (Å²) >= 11 is 6.25. The Hall–Kier alpha value is -1.36. The maximum atomic E-state index is 12.0. The van der Waals surface area contributed by atoms with E-state index in [-0.39, 0.29) is 28.9 Å². The smallest absolute Gasteiger partial charge is 0.240 e. The third kappa shape index (κ3) is 6.91. The fourth-order valence-corrected chi connectivity index (χ4v) is 3.52. The standard InChI is InChI=1S/C19H25ClN4O2S.HI/c1-4-22-19(24(3)14-16-9-5-6-11-18(16)20)23-13-15-8-7-10-17(12-15)27(25,26)21-2;/h5-12,21H,4,13-14H2,1-3H3,(H,22,23);1H. The first-order valence-electron chi connectivity index (χ1n) is 8.62. The number of nitrogens with zero attached hydrogens (tertiary/aromatic N) is 2. The number of hydrogen-bond donors (Lipinski definition) is 2. The SMILES string of the molecule is CCNC(=NCc1cccc(S(=O)(=O)NC)c1)N(C)Cc1ccccc1Cl.I. The van der Waals surface area contributed by atoms with Gasteiger partial charge in [0.05, 0.1) is 11.4 Å². The topological polar surface area (TPSA) is 73.8 Å². The summed E-state index contributed by atoms with van der Waals surface area (Å²) in [6.07, 6.45) is 0. The molecule has 0 saturated carbocycles. The molecule has 0 radical (unpaired) electrons. The van der Waals surface area contributed by atoms with Crippen molar-refractivity contribution in [2.75, 3.05) is 20.6 Å². The van der Waals surface area contributed by atoms with E-state index in [0.29, 0.717) is 18.1 Å². The van der Waals surface area contributed by atoms with Gasteiger partial charge in [0.15, 0.2) is 5.96 Å². The van der Waals surface area contributed by atoms with Crippen LogP contribution >= 0.6 is 35.6 Å². The highest BCUT2D eigenvalue weighted by molar-refractivity contribution is 14.0. The first-order valence-corrected chi connectivity index (χ1v) is 10.5. The lowest BCUT2D eigenvalue weighted by molar-refractivity contribution is 0.477. The number of benzene rings is 2. The normalized spacial score (nSPS) is 11.6. The van der Waals surface area contributed by atoms with Crippen LogP contribution < -0.4 is 10.0 Å². The van der Waals surface area contributed by atoms with E-state index in [9.17, 15) is 8.42 Å². The first-order chi connectivity index (χ1) is 12.9. The highest BCUT2D eigenvalue weighted by Crippen LogP contribution is 2.17. The van der Waals surface area contributed by atoms with Crippen molar-refractivity contribution in [1.29, 1.82) is 0 Å². The van der Waals surface area contributed by atoms with Gasteiger partial charge in [0.2, 0.25) is 10.0 Å². The molecule has 0 bridgehead atoms. The molecular formula is C19H26ClIN4O2S. The molecule has 2 aromatic carbocycles. The number of guanidine groups is 1. The molecule has 0 amide bonds. The van der Waals surface area contributed by atoms with Crippen LogP contribution in [0.5, 0.6) is 0 Å². The minimum Gasteiger partial charge on any atom is -0.357 e. The Morgan fingerprint density at radius 1 is 1.18 bits per heavy atom. The minimum atomic E-state index is -3.47. The van der Waals surface area contributed by atoms with Crippen molar-refractivity contribution in [2.24, 2.45) is 4.99 Å². The van der Waals surface area contributed by atoms with Gasteiger partial charge in [-0.1, -0.05) is 41.9 Å². The largest absolute Gasteiger partial charge is 0.357 e. The molecule has 0 aromatic heterocycles. The maximum Gasteiger partial charge on any atom is 0.240 e. The van der Waals surface area contributed by atoms with E-state index in [2.05, 4.69) is 15.0 Å². The van der Waals surface area contributed by atoms with Gasteiger partial charge in [-0.25, -0.2) is 18.1 Å². The molecule has 0 heterocycles.